The minimum absolute atomic E-state index is 0.490. The summed E-state index contributed by atoms with van der Waals surface area (Å²) in [7, 11) is 2.55. The van der Waals surface area contributed by atoms with Gasteiger partial charge in [-0.25, -0.2) is 0 Å². The van der Waals surface area contributed by atoms with Gasteiger partial charge in [-0.1, -0.05) is 6.92 Å². The molecule has 14 heavy (non-hydrogen) atoms. The quantitative estimate of drug-likeness (QED) is 0.677. The molecule has 0 bridgehead atoms. The van der Waals surface area contributed by atoms with Crippen LogP contribution in [0.5, 0.6) is 0 Å². The maximum Gasteiger partial charge on any atom is 0.502 e. The van der Waals surface area contributed by atoms with Gasteiger partial charge in [0.1, 0.15) is 0 Å². The zero-order valence-electron chi connectivity index (χ0n) is 9.46. The zero-order valence-corrected chi connectivity index (χ0v) is 10.5. The molecule has 0 radical (unpaired) electrons. The molecule has 1 saturated heterocycles. The molecule has 0 spiro atoms. The van der Waals surface area contributed by atoms with Gasteiger partial charge in [-0.2, -0.15) is 0 Å². The molecule has 1 atom stereocenters. The first-order chi connectivity index (χ1) is 6.66. The van der Waals surface area contributed by atoms with Gasteiger partial charge in [0, 0.05) is 33.8 Å². The summed E-state index contributed by atoms with van der Waals surface area (Å²) in [6, 6.07) is 0.880. The van der Waals surface area contributed by atoms with Crippen molar-refractivity contribution in [3.63, 3.8) is 0 Å². The standard InChI is InChI=1S/C9H20O4Si/c1-5-9(10-2)7-6-8-14(11-3,12-4)13-9/h5-8H2,1-4H3. The van der Waals surface area contributed by atoms with Gasteiger partial charge in [-0.3, -0.25) is 0 Å². The fourth-order valence-corrected chi connectivity index (χ4v) is 4.22. The average Bonchev–Trinajstić information content (AvgIpc) is 2.29. The second kappa shape index (κ2) is 4.72. The molecule has 1 unspecified atom stereocenters. The van der Waals surface area contributed by atoms with Crippen LogP contribution < -0.4 is 0 Å². The van der Waals surface area contributed by atoms with Gasteiger partial charge in [0.05, 0.1) is 0 Å². The molecule has 1 fully saturated rings. The molecule has 0 aliphatic carbocycles. The molecule has 0 saturated carbocycles. The van der Waals surface area contributed by atoms with E-state index in [1.54, 1.807) is 21.3 Å². The summed E-state index contributed by atoms with van der Waals surface area (Å²) in [5, 5.41) is 0. The molecule has 84 valence electrons. The van der Waals surface area contributed by atoms with Crippen LogP contribution in [-0.4, -0.2) is 35.9 Å². The molecule has 0 aromatic carbocycles. The van der Waals surface area contributed by atoms with E-state index in [9.17, 15) is 0 Å². The van der Waals surface area contributed by atoms with Crippen molar-refractivity contribution in [1.82, 2.24) is 0 Å². The van der Waals surface area contributed by atoms with E-state index >= 15 is 0 Å². The van der Waals surface area contributed by atoms with E-state index in [1.807, 2.05) is 0 Å². The minimum Gasteiger partial charge on any atom is -0.377 e. The van der Waals surface area contributed by atoms with Crippen LogP contribution in [0.25, 0.3) is 0 Å². The van der Waals surface area contributed by atoms with E-state index < -0.39 is 14.6 Å². The highest BCUT2D eigenvalue weighted by molar-refractivity contribution is 6.60. The van der Waals surface area contributed by atoms with Gasteiger partial charge in [0.15, 0.2) is 5.79 Å². The van der Waals surface area contributed by atoms with Crippen molar-refractivity contribution >= 4 is 8.80 Å². The second-order valence-corrected chi connectivity index (χ2v) is 6.40. The highest BCUT2D eigenvalue weighted by Gasteiger charge is 2.50. The number of ether oxygens (including phenoxy) is 1. The fourth-order valence-electron chi connectivity index (χ4n) is 1.87. The molecule has 0 amide bonds. The normalized spacial score (nSPS) is 31.7. The van der Waals surface area contributed by atoms with Crippen LogP contribution in [0.1, 0.15) is 26.2 Å². The fraction of sp³-hybridized carbons (Fsp3) is 1.00. The molecular formula is C9H20O4Si. The van der Waals surface area contributed by atoms with Crippen molar-refractivity contribution in [1.29, 1.82) is 0 Å². The number of hydrogen-bond acceptors (Lipinski definition) is 4. The first kappa shape index (κ1) is 12.1. The van der Waals surface area contributed by atoms with Gasteiger partial charge in [-0.15, -0.1) is 0 Å². The Hall–Kier alpha value is 0.0569. The molecule has 1 rings (SSSR count). The summed E-state index contributed by atoms with van der Waals surface area (Å²) in [5.74, 6) is -0.490. The molecule has 1 aliphatic rings. The van der Waals surface area contributed by atoms with Crippen LogP contribution in [0.2, 0.25) is 6.04 Å². The smallest absolute Gasteiger partial charge is 0.377 e. The summed E-state index contributed by atoms with van der Waals surface area (Å²) < 4.78 is 22.2. The Labute approximate surface area is 86.9 Å². The Kier molecular flexibility index (Phi) is 4.09. The van der Waals surface area contributed by atoms with E-state index in [4.69, 9.17) is 18.0 Å². The Balaban J connectivity index is 2.75. The van der Waals surface area contributed by atoms with Gasteiger partial charge < -0.3 is 18.0 Å². The van der Waals surface area contributed by atoms with Crippen LogP contribution in [0.3, 0.4) is 0 Å². The first-order valence-electron chi connectivity index (χ1n) is 5.01. The Bertz CT molecular complexity index is 160. The molecule has 1 heterocycles. The van der Waals surface area contributed by atoms with E-state index in [0.717, 1.165) is 25.3 Å². The van der Waals surface area contributed by atoms with Crippen LogP contribution in [-0.2, 0) is 18.0 Å². The predicted octanol–water partition coefficient (Wildman–Crippen LogP) is 1.78. The third-order valence-corrected chi connectivity index (χ3v) is 5.81. The SMILES string of the molecule is CCC1(OC)CCC[Si](OC)(OC)O1. The van der Waals surface area contributed by atoms with Crippen LogP contribution >= 0.6 is 0 Å². The first-order valence-corrected chi connectivity index (χ1v) is 6.94. The lowest BCUT2D eigenvalue weighted by Gasteiger charge is -2.42. The third kappa shape index (κ3) is 2.17. The molecule has 4 nitrogen and oxygen atoms in total. The van der Waals surface area contributed by atoms with E-state index in [2.05, 4.69) is 6.92 Å². The maximum atomic E-state index is 5.93. The highest BCUT2D eigenvalue weighted by Crippen LogP contribution is 2.36. The lowest BCUT2D eigenvalue weighted by molar-refractivity contribution is -0.208. The van der Waals surface area contributed by atoms with Gasteiger partial charge in [-0.05, 0) is 12.8 Å². The van der Waals surface area contributed by atoms with E-state index in [-0.39, 0.29) is 0 Å². The van der Waals surface area contributed by atoms with Gasteiger partial charge in [0.25, 0.3) is 0 Å². The van der Waals surface area contributed by atoms with Gasteiger partial charge >= 0.3 is 8.80 Å². The topological polar surface area (TPSA) is 36.9 Å². The van der Waals surface area contributed by atoms with Crippen molar-refractivity contribution < 1.29 is 18.0 Å². The maximum absolute atomic E-state index is 5.93. The number of methoxy groups -OCH3 is 1. The molecule has 0 aromatic rings. The average molecular weight is 220 g/mol. The Morgan fingerprint density at radius 3 is 2.36 bits per heavy atom. The predicted molar refractivity (Wildman–Crippen MR) is 54.9 cm³/mol. The molecule has 0 aromatic heterocycles. The lowest BCUT2D eigenvalue weighted by atomic mass is 10.1. The molecule has 5 heteroatoms. The monoisotopic (exact) mass is 220 g/mol. The highest BCUT2D eigenvalue weighted by atomic mass is 28.4. The molecule has 1 aliphatic heterocycles. The van der Waals surface area contributed by atoms with Crippen molar-refractivity contribution in [3.05, 3.63) is 0 Å². The van der Waals surface area contributed by atoms with Crippen LogP contribution in [0.4, 0.5) is 0 Å². The van der Waals surface area contributed by atoms with Crippen molar-refractivity contribution in [3.8, 4) is 0 Å². The van der Waals surface area contributed by atoms with Crippen molar-refractivity contribution in [2.45, 2.75) is 38.0 Å². The summed E-state index contributed by atoms with van der Waals surface area (Å²) in [6.07, 6.45) is 2.78. The van der Waals surface area contributed by atoms with Crippen molar-refractivity contribution in [2.24, 2.45) is 0 Å². The molecule has 0 N–H and O–H groups in total. The number of hydrogen-bond donors (Lipinski definition) is 0. The summed E-state index contributed by atoms with van der Waals surface area (Å²) >= 11 is 0. The lowest BCUT2D eigenvalue weighted by Crippen LogP contribution is -2.55. The summed E-state index contributed by atoms with van der Waals surface area (Å²) in [5.41, 5.74) is 0. The van der Waals surface area contributed by atoms with Crippen LogP contribution in [0.15, 0.2) is 0 Å². The largest absolute Gasteiger partial charge is 0.502 e. The third-order valence-electron chi connectivity index (χ3n) is 2.91. The second-order valence-electron chi connectivity index (χ2n) is 3.52. The minimum atomic E-state index is -2.43. The van der Waals surface area contributed by atoms with E-state index in [1.165, 1.54) is 0 Å². The Morgan fingerprint density at radius 2 is 1.93 bits per heavy atom. The van der Waals surface area contributed by atoms with Crippen LogP contribution in [0, 0.1) is 0 Å². The number of rotatable bonds is 4. The zero-order chi connectivity index (χ0) is 10.7. The summed E-state index contributed by atoms with van der Waals surface area (Å²) in [4.78, 5) is 0. The van der Waals surface area contributed by atoms with E-state index in [0.29, 0.717) is 0 Å². The van der Waals surface area contributed by atoms with Crippen molar-refractivity contribution in [2.75, 3.05) is 21.3 Å². The van der Waals surface area contributed by atoms with Gasteiger partial charge in [0.2, 0.25) is 0 Å². The Morgan fingerprint density at radius 1 is 1.29 bits per heavy atom. The summed E-state index contributed by atoms with van der Waals surface area (Å²) in [6.45, 7) is 2.05. The molecular weight excluding hydrogens is 200 g/mol.